The number of hydrogen-bond donors (Lipinski definition) is 1. The molecule has 0 bridgehead atoms. The van der Waals surface area contributed by atoms with Gasteiger partial charge in [0.25, 0.3) is 0 Å². The van der Waals surface area contributed by atoms with Crippen LogP contribution in [-0.4, -0.2) is 24.4 Å². The van der Waals surface area contributed by atoms with Crippen LogP contribution in [0.3, 0.4) is 0 Å². The molecule has 5 heteroatoms. The predicted molar refractivity (Wildman–Crippen MR) is 56.5 cm³/mol. The molecule has 0 amide bonds. The molecule has 0 saturated heterocycles. The normalized spacial score (nSPS) is 14.4. The molecule has 0 saturated carbocycles. The maximum Gasteiger partial charge on any atom is 0.132 e. The molecule has 0 unspecified atom stereocenters. The standard InChI is InChI=1S/C9H10N5/c10-8-2-1-3-9(4-8)13-14-6-11-5-12-7-14/h1-6,10,13H,7H2. The second kappa shape index (κ2) is 3.78. The van der Waals surface area contributed by atoms with Gasteiger partial charge in [0.05, 0.1) is 11.4 Å². The zero-order valence-electron chi connectivity index (χ0n) is 7.51. The molecule has 1 heterocycles. The lowest BCUT2D eigenvalue weighted by atomic mass is 10.3. The zero-order chi connectivity index (χ0) is 9.80. The largest absolute Gasteiger partial charge is 0.301 e. The van der Waals surface area contributed by atoms with Gasteiger partial charge in [-0.25, -0.2) is 4.99 Å². The van der Waals surface area contributed by atoms with E-state index in [1.807, 2.05) is 12.1 Å². The minimum atomic E-state index is 0.479. The van der Waals surface area contributed by atoms with E-state index in [2.05, 4.69) is 15.4 Å². The molecule has 0 atom stereocenters. The third kappa shape index (κ3) is 2.01. The number of benzene rings is 1. The van der Waals surface area contributed by atoms with Gasteiger partial charge in [0.15, 0.2) is 0 Å². The van der Waals surface area contributed by atoms with Crippen LogP contribution in [0.5, 0.6) is 0 Å². The smallest absolute Gasteiger partial charge is 0.132 e. The van der Waals surface area contributed by atoms with Crippen molar-refractivity contribution >= 4 is 24.1 Å². The average Bonchev–Trinajstić information content (AvgIpc) is 2.19. The number of rotatable bonds is 2. The summed E-state index contributed by atoms with van der Waals surface area (Å²) in [5, 5.41) is 1.74. The van der Waals surface area contributed by atoms with Crippen LogP contribution in [0.4, 0.5) is 11.4 Å². The molecule has 0 spiro atoms. The summed E-state index contributed by atoms with van der Waals surface area (Å²) < 4.78 is 0. The molecular weight excluding hydrogens is 178 g/mol. The van der Waals surface area contributed by atoms with Crippen molar-refractivity contribution in [2.45, 2.75) is 0 Å². The van der Waals surface area contributed by atoms with E-state index in [1.54, 1.807) is 23.5 Å². The topological polar surface area (TPSA) is 63.8 Å². The first kappa shape index (κ1) is 8.55. The molecule has 1 aliphatic rings. The second-order valence-corrected chi connectivity index (χ2v) is 2.87. The molecule has 1 radical (unpaired) electrons. The van der Waals surface area contributed by atoms with Crippen molar-refractivity contribution < 1.29 is 0 Å². The van der Waals surface area contributed by atoms with Gasteiger partial charge in [0.1, 0.15) is 19.3 Å². The molecule has 71 valence electrons. The number of nitrogens with zero attached hydrogens (tertiary/aromatic N) is 3. The van der Waals surface area contributed by atoms with Crippen molar-refractivity contribution in [3.05, 3.63) is 24.3 Å². The Balaban J connectivity index is 2.04. The van der Waals surface area contributed by atoms with Gasteiger partial charge in [-0.1, -0.05) is 6.07 Å². The van der Waals surface area contributed by atoms with E-state index in [-0.39, 0.29) is 0 Å². The zero-order valence-corrected chi connectivity index (χ0v) is 7.51. The molecule has 5 nitrogen and oxygen atoms in total. The number of hydrogen-bond acceptors (Lipinski definition) is 4. The first-order valence-electron chi connectivity index (χ1n) is 4.21. The van der Waals surface area contributed by atoms with Gasteiger partial charge in [-0.05, 0) is 18.2 Å². The molecule has 0 aliphatic carbocycles. The number of anilines is 1. The molecule has 2 N–H and O–H groups in total. The van der Waals surface area contributed by atoms with Crippen LogP contribution in [0, 0.1) is 0 Å². The van der Waals surface area contributed by atoms with E-state index in [1.165, 1.54) is 6.34 Å². The van der Waals surface area contributed by atoms with Crippen molar-refractivity contribution in [1.29, 1.82) is 0 Å². The summed E-state index contributed by atoms with van der Waals surface area (Å²) in [5.41, 5.74) is 11.8. The van der Waals surface area contributed by atoms with E-state index < -0.39 is 0 Å². The van der Waals surface area contributed by atoms with Crippen LogP contribution in [-0.2, 0) is 0 Å². The molecule has 2 rings (SSSR count). The van der Waals surface area contributed by atoms with Crippen molar-refractivity contribution in [2.24, 2.45) is 9.98 Å². The van der Waals surface area contributed by atoms with Crippen LogP contribution < -0.4 is 11.2 Å². The Hall–Kier alpha value is -2.04. The lowest BCUT2D eigenvalue weighted by Gasteiger charge is -2.20. The summed E-state index contributed by atoms with van der Waals surface area (Å²) in [6, 6.07) is 7.19. The monoisotopic (exact) mass is 188 g/mol. The third-order valence-corrected chi connectivity index (χ3v) is 1.72. The maximum atomic E-state index is 7.43. The Morgan fingerprint density at radius 1 is 1.43 bits per heavy atom. The van der Waals surface area contributed by atoms with Gasteiger partial charge in [-0.15, -0.1) is 0 Å². The van der Waals surface area contributed by atoms with Crippen molar-refractivity contribution in [1.82, 2.24) is 10.7 Å². The lowest BCUT2D eigenvalue weighted by molar-refractivity contribution is 0.524. The molecule has 0 aromatic heterocycles. The number of hydrazine groups is 1. The summed E-state index contributed by atoms with van der Waals surface area (Å²) in [7, 11) is 0. The van der Waals surface area contributed by atoms with Crippen LogP contribution in [0.1, 0.15) is 0 Å². The van der Waals surface area contributed by atoms with Crippen LogP contribution in [0.25, 0.3) is 0 Å². The number of nitrogens with one attached hydrogen (secondary N) is 2. The molecule has 1 aromatic rings. The highest BCUT2D eigenvalue weighted by atomic mass is 15.5. The molecule has 14 heavy (non-hydrogen) atoms. The van der Waals surface area contributed by atoms with E-state index in [0.29, 0.717) is 12.4 Å². The fourth-order valence-electron chi connectivity index (χ4n) is 1.14. The van der Waals surface area contributed by atoms with E-state index in [0.717, 1.165) is 5.69 Å². The van der Waals surface area contributed by atoms with Gasteiger partial charge >= 0.3 is 0 Å². The highest BCUT2D eigenvalue weighted by Crippen LogP contribution is 2.13. The summed E-state index contributed by atoms with van der Waals surface area (Å²) in [6.07, 6.45) is 3.17. The van der Waals surface area contributed by atoms with Crippen LogP contribution in [0.15, 0.2) is 34.3 Å². The summed E-state index contributed by atoms with van der Waals surface area (Å²) in [5.74, 6) is 0. The summed E-state index contributed by atoms with van der Waals surface area (Å²) in [4.78, 5) is 7.85. The van der Waals surface area contributed by atoms with Crippen LogP contribution >= 0.6 is 0 Å². The Morgan fingerprint density at radius 2 is 2.36 bits per heavy atom. The Labute approximate surface area is 81.9 Å². The molecule has 0 fully saturated rings. The second-order valence-electron chi connectivity index (χ2n) is 2.87. The lowest BCUT2D eigenvalue weighted by Crippen LogP contribution is -2.30. The van der Waals surface area contributed by atoms with Crippen molar-refractivity contribution in [3.63, 3.8) is 0 Å². The SMILES string of the molecule is [NH]c1cccc(NN2C=NC=NC2)c1. The predicted octanol–water partition coefficient (Wildman–Crippen LogP) is 1.26. The Morgan fingerprint density at radius 3 is 3.07 bits per heavy atom. The van der Waals surface area contributed by atoms with Gasteiger partial charge in [0, 0.05) is 0 Å². The number of aliphatic imine (C=N–C) groups is 2. The molecule has 1 aliphatic heterocycles. The minimum Gasteiger partial charge on any atom is -0.301 e. The van der Waals surface area contributed by atoms with Gasteiger partial charge < -0.3 is 5.73 Å². The fraction of sp³-hybridized carbons (Fsp3) is 0.111. The molecule has 1 aromatic carbocycles. The van der Waals surface area contributed by atoms with Crippen molar-refractivity contribution in [3.8, 4) is 0 Å². The summed E-state index contributed by atoms with van der Waals surface area (Å²) >= 11 is 0. The van der Waals surface area contributed by atoms with E-state index >= 15 is 0 Å². The Bertz CT molecular complexity index is 371. The van der Waals surface area contributed by atoms with E-state index in [4.69, 9.17) is 5.73 Å². The van der Waals surface area contributed by atoms with Gasteiger partial charge in [0.2, 0.25) is 0 Å². The first-order valence-corrected chi connectivity index (χ1v) is 4.21. The quantitative estimate of drug-likeness (QED) is 0.759. The minimum absolute atomic E-state index is 0.479. The van der Waals surface area contributed by atoms with Gasteiger partial charge in [-0.2, -0.15) is 0 Å². The highest BCUT2D eigenvalue weighted by Gasteiger charge is 2.00. The third-order valence-electron chi connectivity index (χ3n) is 1.72. The summed E-state index contributed by atoms with van der Waals surface area (Å²) in [6.45, 7) is 0.533. The first-order chi connectivity index (χ1) is 6.84. The van der Waals surface area contributed by atoms with Gasteiger partial charge in [-0.3, -0.25) is 15.4 Å². The van der Waals surface area contributed by atoms with Crippen molar-refractivity contribution in [2.75, 3.05) is 12.1 Å². The molecular formula is C9H10N5. The average molecular weight is 188 g/mol. The van der Waals surface area contributed by atoms with Crippen LogP contribution in [0.2, 0.25) is 0 Å². The maximum absolute atomic E-state index is 7.43. The Kier molecular flexibility index (Phi) is 2.31. The van der Waals surface area contributed by atoms with E-state index in [9.17, 15) is 0 Å². The fourth-order valence-corrected chi connectivity index (χ4v) is 1.14. The highest BCUT2D eigenvalue weighted by molar-refractivity contribution is 5.74.